The first-order valence-electron chi connectivity index (χ1n) is 8.84. The average molecular weight is 375 g/mol. The van der Waals surface area contributed by atoms with E-state index < -0.39 is 10.0 Å². The smallest absolute Gasteiger partial charge is 0.243 e. The predicted molar refractivity (Wildman–Crippen MR) is 104 cm³/mol. The molecule has 0 aromatic heterocycles. The zero-order valence-corrected chi connectivity index (χ0v) is 16.4. The maximum absolute atomic E-state index is 13.1. The van der Waals surface area contributed by atoms with Crippen molar-refractivity contribution in [2.24, 2.45) is 0 Å². The highest BCUT2D eigenvalue weighted by atomic mass is 32.2. The quantitative estimate of drug-likeness (QED) is 0.807. The summed E-state index contributed by atoms with van der Waals surface area (Å²) in [7, 11) is -1.90. The summed E-state index contributed by atoms with van der Waals surface area (Å²) in [5.41, 5.74) is 3.80. The summed E-state index contributed by atoms with van der Waals surface area (Å²) in [5, 5.41) is 0. The van der Waals surface area contributed by atoms with Gasteiger partial charge in [-0.05, 0) is 42.7 Å². The van der Waals surface area contributed by atoms with Gasteiger partial charge >= 0.3 is 0 Å². The van der Waals surface area contributed by atoms with Gasteiger partial charge in [0.1, 0.15) is 0 Å². The molecule has 0 aliphatic carbocycles. The van der Waals surface area contributed by atoms with Gasteiger partial charge in [-0.1, -0.05) is 30.3 Å². The van der Waals surface area contributed by atoms with E-state index in [-0.39, 0.29) is 0 Å². The summed E-state index contributed by atoms with van der Waals surface area (Å²) in [6, 6.07) is 13.5. The Hall–Kier alpha value is -1.89. The second-order valence-electron chi connectivity index (χ2n) is 6.76. The fourth-order valence-corrected chi connectivity index (χ4v) is 4.69. The zero-order chi connectivity index (χ0) is 18.7. The minimum atomic E-state index is -3.55. The topological polar surface area (TPSA) is 49.9 Å². The van der Waals surface area contributed by atoms with Crippen LogP contribution in [0.5, 0.6) is 0 Å². The van der Waals surface area contributed by atoms with Crippen LogP contribution in [0.25, 0.3) is 0 Å². The van der Waals surface area contributed by atoms with Crippen LogP contribution in [0.4, 0.5) is 5.69 Å². The Morgan fingerprint density at radius 2 is 1.77 bits per heavy atom. The number of ether oxygens (including phenoxy) is 1. The van der Waals surface area contributed by atoms with Crippen LogP contribution < -0.4 is 4.90 Å². The molecule has 1 aliphatic heterocycles. The van der Waals surface area contributed by atoms with Crippen molar-refractivity contribution in [1.29, 1.82) is 0 Å². The molecule has 2 aromatic rings. The molecule has 0 spiro atoms. The van der Waals surface area contributed by atoms with Gasteiger partial charge in [-0.3, -0.25) is 0 Å². The van der Waals surface area contributed by atoms with Crippen LogP contribution in [0.1, 0.15) is 16.7 Å². The number of aryl methyl sites for hydroxylation is 2. The first-order chi connectivity index (χ1) is 12.4. The first kappa shape index (κ1) is 18.9. The van der Waals surface area contributed by atoms with E-state index in [4.69, 9.17) is 4.74 Å². The van der Waals surface area contributed by atoms with Crippen LogP contribution in [0.2, 0.25) is 0 Å². The molecule has 1 aliphatic rings. The fourth-order valence-electron chi connectivity index (χ4n) is 3.24. The van der Waals surface area contributed by atoms with Gasteiger partial charge in [-0.2, -0.15) is 4.31 Å². The van der Waals surface area contributed by atoms with Crippen LogP contribution in [0, 0.1) is 13.8 Å². The van der Waals surface area contributed by atoms with Gasteiger partial charge < -0.3 is 9.64 Å². The van der Waals surface area contributed by atoms with Crippen molar-refractivity contribution >= 4 is 15.7 Å². The van der Waals surface area contributed by atoms with Crippen molar-refractivity contribution in [2.75, 3.05) is 38.3 Å². The second-order valence-corrected chi connectivity index (χ2v) is 8.77. The molecular weight excluding hydrogens is 348 g/mol. The Morgan fingerprint density at radius 1 is 1.08 bits per heavy atom. The van der Waals surface area contributed by atoms with Gasteiger partial charge in [0.15, 0.2) is 0 Å². The first-order valence-corrected chi connectivity index (χ1v) is 10.3. The van der Waals surface area contributed by atoms with Crippen molar-refractivity contribution in [2.45, 2.75) is 25.3 Å². The van der Waals surface area contributed by atoms with Crippen LogP contribution in [0.3, 0.4) is 0 Å². The molecule has 1 fully saturated rings. The third-order valence-corrected chi connectivity index (χ3v) is 6.71. The van der Waals surface area contributed by atoms with Crippen LogP contribution in [0.15, 0.2) is 47.4 Å². The lowest BCUT2D eigenvalue weighted by Gasteiger charge is -2.31. The maximum Gasteiger partial charge on any atom is 0.243 e. The molecule has 0 unspecified atom stereocenters. The van der Waals surface area contributed by atoms with E-state index in [0.29, 0.717) is 24.7 Å². The molecule has 0 N–H and O–H groups in total. The highest BCUT2D eigenvalue weighted by Gasteiger charge is 2.24. The lowest BCUT2D eigenvalue weighted by molar-refractivity contribution is 0.122. The molecule has 2 aromatic carbocycles. The molecule has 26 heavy (non-hydrogen) atoms. The van der Waals surface area contributed by atoms with Crippen molar-refractivity contribution in [3.63, 3.8) is 0 Å². The van der Waals surface area contributed by atoms with Crippen LogP contribution in [-0.2, 0) is 21.3 Å². The van der Waals surface area contributed by atoms with Gasteiger partial charge in [-0.15, -0.1) is 0 Å². The van der Waals surface area contributed by atoms with Crippen molar-refractivity contribution < 1.29 is 13.2 Å². The van der Waals surface area contributed by atoms with Crippen LogP contribution >= 0.6 is 0 Å². The molecule has 140 valence electrons. The number of para-hydroxylation sites is 1. The monoisotopic (exact) mass is 374 g/mol. The second kappa shape index (κ2) is 7.78. The number of hydrogen-bond donors (Lipinski definition) is 0. The number of anilines is 1. The summed E-state index contributed by atoms with van der Waals surface area (Å²) in [4.78, 5) is 2.64. The van der Waals surface area contributed by atoms with Crippen molar-refractivity contribution in [3.8, 4) is 0 Å². The lowest BCUT2D eigenvalue weighted by Crippen LogP contribution is -2.37. The van der Waals surface area contributed by atoms with E-state index in [9.17, 15) is 8.42 Å². The van der Waals surface area contributed by atoms with E-state index in [1.165, 1.54) is 4.31 Å². The number of rotatable bonds is 5. The van der Waals surface area contributed by atoms with E-state index in [0.717, 1.165) is 35.5 Å². The number of nitrogens with zero attached hydrogens (tertiary/aromatic N) is 2. The van der Waals surface area contributed by atoms with E-state index in [1.54, 1.807) is 13.1 Å². The Morgan fingerprint density at radius 3 is 2.50 bits per heavy atom. The third kappa shape index (κ3) is 3.92. The molecule has 0 bridgehead atoms. The Bertz CT molecular complexity index is 874. The maximum atomic E-state index is 13.1. The van der Waals surface area contributed by atoms with Gasteiger partial charge in [0.05, 0.1) is 18.1 Å². The van der Waals surface area contributed by atoms with Crippen LogP contribution in [-0.4, -0.2) is 46.1 Å². The van der Waals surface area contributed by atoms with Gasteiger partial charge in [-0.25, -0.2) is 8.42 Å². The summed E-state index contributed by atoms with van der Waals surface area (Å²) < 4.78 is 33.0. The summed E-state index contributed by atoms with van der Waals surface area (Å²) >= 11 is 0. The number of hydrogen-bond acceptors (Lipinski definition) is 4. The molecule has 0 atom stereocenters. The minimum Gasteiger partial charge on any atom is -0.378 e. The molecule has 5 nitrogen and oxygen atoms in total. The normalized spacial score (nSPS) is 15.5. The molecule has 1 saturated heterocycles. The van der Waals surface area contributed by atoms with E-state index >= 15 is 0 Å². The molecular formula is C20H26N2O3S. The van der Waals surface area contributed by atoms with E-state index in [2.05, 4.69) is 11.0 Å². The molecule has 0 radical (unpaired) electrons. The number of morpholine rings is 1. The standard InChI is InChI=1S/C20H26N2O3S/c1-16-8-9-17(2)20(14-16)26(23,24)21(3)15-18-6-4-5-7-19(18)22-10-12-25-13-11-22/h4-9,14H,10-13,15H2,1-3H3. The Balaban J connectivity index is 1.88. The zero-order valence-electron chi connectivity index (χ0n) is 15.6. The van der Waals surface area contributed by atoms with Gasteiger partial charge in [0, 0.05) is 32.4 Å². The van der Waals surface area contributed by atoms with Gasteiger partial charge in [0.25, 0.3) is 0 Å². The SMILES string of the molecule is Cc1ccc(C)c(S(=O)(=O)N(C)Cc2ccccc2N2CCOCC2)c1. The number of sulfonamides is 1. The molecule has 6 heteroatoms. The Kier molecular flexibility index (Phi) is 5.65. The summed E-state index contributed by atoms with van der Waals surface area (Å²) in [6.07, 6.45) is 0. The molecule has 3 rings (SSSR count). The highest BCUT2D eigenvalue weighted by Crippen LogP contribution is 2.26. The fraction of sp³-hybridized carbons (Fsp3) is 0.400. The number of benzene rings is 2. The highest BCUT2D eigenvalue weighted by molar-refractivity contribution is 7.89. The third-order valence-electron chi connectivity index (χ3n) is 4.77. The predicted octanol–water partition coefficient (Wildman–Crippen LogP) is 2.96. The lowest BCUT2D eigenvalue weighted by atomic mass is 10.1. The summed E-state index contributed by atoms with van der Waals surface area (Å²) in [6.45, 7) is 7.13. The Labute approximate surface area is 156 Å². The molecule has 0 saturated carbocycles. The molecule has 1 heterocycles. The van der Waals surface area contributed by atoms with Gasteiger partial charge in [0.2, 0.25) is 10.0 Å². The average Bonchev–Trinajstić information content (AvgIpc) is 2.64. The van der Waals surface area contributed by atoms with Crippen molar-refractivity contribution in [1.82, 2.24) is 4.31 Å². The van der Waals surface area contributed by atoms with E-state index in [1.807, 2.05) is 44.2 Å². The largest absolute Gasteiger partial charge is 0.378 e. The van der Waals surface area contributed by atoms with Crippen molar-refractivity contribution in [3.05, 3.63) is 59.2 Å². The summed E-state index contributed by atoms with van der Waals surface area (Å²) in [5.74, 6) is 0. The molecule has 0 amide bonds. The minimum absolute atomic E-state index is 0.337.